The number of halogens is 1. The van der Waals surface area contributed by atoms with Crippen LogP contribution in [-0.4, -0.2) is 60.5 Å². The van der Waals surface area contributed by atoms with Crippen molar-refractivity contribution < 1.29 is 23.5 Å². The molecule has 0 unspecified atom stereocenters. The first-order valence-electron chi connectivity index (χ1n) is 13.5. The maximum absolute atomic E-state index is 13.9. The maximum atomic E-state index is 13.9. The summed E-state index contributed by atoms with van der Waals surface area (Å²) in [6.07, 6.45) is 4.21. The molecule has 2 amide bonds. The van der Waals surface area contributed by atoms with Gasteiger partial charge in [0.15, 0.2) is 11.5 Å². The van der Waals surface area contributed by atoms with E-state index in [-0.39, 0.29) is 23.9 Å². The van der Waals surface area contributed by atoms with Gasteiger partial charge in [-0.2, -0.15) is 0 Å². The number of ether oxygens (including phenoxy) is 2. The minimum Gasteiger partial charge on any atom is -0.493 e. The molecule has 1 heterocycles. The number of nitrogens with zero attached hydrogens (tertiary/aromatic N) is 2. The zero-order chi connectivity index (χ0) is 28.5. The number of benzene rings is 3. The van der Waals surface area contributed by atoms with Gasteiger partial charge in [0.05, 0.1) is 14.2 Å². The van der Waals surface area contributed by atoms with Crippen molar-refractivity contribution in [3.63, 3.8) is 0 Å². The molecule has 7 nitrogen and oxygen atoms in total. The van der Waals surface area contributed by atoms with E-state index in [1.54, 1.807) is 25.2 Å². The fourth-order valence-electron chi connectivity index (χ4n) is 4.75. The van der Waals surface area contributed by atoms with E-state index in [0.717, 1.165) is 34.9 Å². The second-order valence-corrected chi connectivity index (χ2v) is 9.70. The van der Waals surface area contributed by atoms with Crippen LogP contribution in [0.2, 0.25) is 0 Å². The van der Waals surface area contributed by atoms with Crippen molar-refractivity contribution in [1.29, 1.82) is 0 Å². The molecule has 0 bridgehead atoms. The van der Waals surface area contributed by atoms with Crippen LogP contribution >= 0.6 is 0 Å². The van der Waals surface area contributed by atoms with Crippen molar-refractivity contribution in [2.75, 3.05) is 33.9 Å². The van der Waals surface area contributed by atoms with E-state index in [4.69, 9.17) is 9.47 Å². The molecular weight excluding hydrogens is 509 g/mol. The molecule has 4 aromatic rings. The summed E-state index contributed by atoms with van der Waals surface area (Å²) in [5.74, 6) is 0.158. The average molecular weight is 546 g/mol. The first kappa shape index (κ1) is 28.7. The molecule has 1 N–H and O–H groups in total. The molecule has 4 rings (SSSR count). The summed E-state index contributed by atoms with van der Waals surface area (Å²) in [6.45, 7) is 3.11. The van der Waals surface area contributed by atoms with E-state index in [9.17, 15) is 14.0 Å². The SMILES string of the molecule is CCCCN(CC(=O)N(CCc1c[nH]c2ccccc12)Cc1ccc(OC)c(OC)c1)C(=O)c1cccc(F)c1. The molecule has 1 aromatic heterocycles. The molecule has 0 aliphatic carbocycles. The highest BCUT2D eigenvalue weighted by atomic mass is 19.1. The Morgan fingerprint density at radius 1 is 0.900 bits per heavy atom. The lowest BCUT2D eigenvalue weighted by Gasteiger charge is -2.28. The fraction of sp³-hybridized carbons (Fsp3) is 0.312. The lowest BCUT2D eigenvalue weighted by Crippen LogP contribution is -2.43. The van der Waals surface area contributed by atoms with Gasteiger partial charge in [-0.25, -0.2) is 4.39 Å². The van der Waals surface area contributed by atoms with Gasteiger partial charge < -0.3 is 24.3 Å². The highest BCUT2D eigenvalue weighted by Crippen LogP contribution is 2.28. The number of fused-ring (bicyclic) bond motifs is 1. The van der Waals surface area contributed by atoms with Crippen LogP contribution in [-0.2, 0) is 17.8 Å². The number of para-hydroxylation sites is 1. The Hall–Kier alpha value is -4.33. The van der Waals surface area contributed by atoms with Crippen molar-refractivity contribution in [1.82, 2.24) is 14.8 Å². The van der Waals surface area contributed by atoms with Crippen LogP contribution < -0.4 is 9.47 Å². The van der Waals surface area contributed by atoms with E-state index in [1.165, 1.54) is 23.1 Å². The van der Waals surface area contributed by atoms with E-state index >= 15 is 0 Å². The van der Waals surface area contributed by atoms with Crippen molar-refractivity contribution in [3.8, 4) is 11.5 Å². The molecule has 0 aliphatic rings. The fourth-order valence-corrected chi connectivity index (χ4v) is 4.75. The number of unbranched alkanes of at least 4 members (excludes halogenated alkanes) is 1. The molecule has 0 spiro atoms. The number of carbonyl (C=O) groups excluding carboxylic acids is 2. The third kappa shape index (κ3) is 7.00. The first-order chi connectivity index (χ1) is 19.4. The molecule has 8 heteroatoms. The normalized spacial score (nSPS) is 10.9. The number of aromatic amines is 1. The van der Waals surface area contributed by atoms with Crippen LogP contribution in [0, 0.1) is 5.82 Å². The molecule has 0 aliphatic heterocycles. The van der Waals surface area contributed by atoms with Crippen LogP contribution in [0.15, 0.2) is 72.9 Å². The zero-order valence-corrected chi connectivity index (χ0v) is 23.3. The number of H-pyrrole nitrogens is 1. The molecule has 0 saturated heterocycles. The molecule has 0 fully saturated rings. The van der Waals surface area contributed by atoms with Gasteiger partial charge >= 0.3 is 0 Å². The van der Waals surface area contributed by atoms with Crippen LogP contribution in [0.3, 0.4) is 0 Å². The Morgan fingerprint density at radius 3 is 2.45 bits per heavy atom. The van der Waals surface area contributed by atoms with E-state index in [2.05, 4.69) is 11.1 Å². The number of methoxy groups -OCH3 is 2. The van der Waals surface area contributed by atoms with Crippen LogP contribution in [0.5, 0.6) is 11.5 Å². The van der Waals surface area contributed by atoms with Gasteiger partial charge in [0.2, 0.25) is 5.91 Å². The Labute approximate surface area is 234 Å². The average Bonchev–Trinajstić information content (AvgIpc) is 3.39. The predicted molar refractivity (Wildman–Crippen MR) is 154 cm³/mol. The molecule has 0 atom stereocenters. The topological polar surface area (TPSA) is 74.9 Å². The molecule has 0 radical (unpaired) electrons. The van der Waals surface area contributed by atoms with E-state index < -0.39 is 5.82 Å². The number of amides is 2. The summed E-state index contributed by atoms with van der Waals surface area (Å²) in [7, 11) is 3.15. The van der Waals surface area contributed by atoms with E-state index in [0.29, 0.717) is 37.6 Å². The smallest absolute Gasteiger partial charge is 0.254 e. The number of carbonyl (C=O) groups is 2. The molecule has 40 heavy (non-hydrogen) atoms. The van der Waals surface area contributed by atoms with Gasteiger partial charge in [0.25, 0.3) is 5.91 Å². The van der Waals surface area contributed by atoms with Gasteiger partial charge in [-0.05, 0) is 60.4 Å². The number of hydrogen-bond acceptors (Lipinski definition) is 4. The standard InChI is InChI=1S/C32H36FN3O4/c1-4-5-16-36(32(38)24-9-8-10-26(33)19-24)22-31(37)35(21-23-13-14-29(39-2)30(18-23)40-3)17-15-25-20-34-28-12-7-6-11-27(25)28/h6-14,18-20,34H,4-5,15-17,21-22H2,1-3H3. The third-order valence-electron chi connectivity index (χ3n) is 6.97. The van der Waals surface area contributed by atoms with Crippen LogP contribution in [0.25, 0.3) is 10.9 Å². The van der Waals surface area contributed by atoms with Gasteiger partial charge in [-0.15, -0.1) is 0 Å². The monoisotopic (exact) mass is 545 g/mol. The summed E-state index contributed by atoms with van der Waals surface area (Å²) < 4.78 is 24.7. The van der Waals surface area contributed by atoms with Crippen molar-refractivity contribution in [2.45, 2.75) is 32.7 Å². The summed E-state index contributed by atoms with van der Waals surface area (Å²) in [4.78, 5) is 33.7. The van der Waals surface area contributed by atoms with Crippen molar-refractivity contribution >= 4 is 22.7 Å². The minimum atomic E-state index is -0.485. The van der Waals surface area contributed by atoms with Crippen LogP contribution in [0.4, 0.5) is 4.39 Å². The van der Waals surface area contributed by atoms with E-state index in [1.807, 2.05) is 49.5 Å². The van der Waals surface area contributed by atoms with Gasteiger partial charge in [-0.1, -0.05) is 43.7 Å². The largest absolute Gasteiger partial charge is 0.493 e. The van der Waals surface area contributed by atoms with Crippen molar-refractivity contribution in [2.24, 2.45) is 0 Å². The second-order valence-electron chi connectivity index (χ2n) is 9.70. The second kappa shape index (κ2) is 13.6. The highest BCUT2D eigenvalue weighted by molar-refractivity contribution is 5.96. The quantitative estimate of drug-likeness (QED) is 0.229. The first-order valence-corrected chi connectivity index (χ1v) is 13.5. The minimum absolute atomic E-state index is 0.101. The maximum Gasteiger partial charge on any atom is 0.254 e. The predicted octanol–water partition coefficient (Wildman–Crippen LogP) is 5.84. The number of rotatable bonds is 13. The number of aromatic nitrogens is 1. The van der Waals surface area contributed by atoms with Gasteiger partial charge in [0.1, 0.15) is 12.4 Å². The molecule has 0 saturated carbocycles. The molecular formula is C32H36FN3O4. The third-order valence-corrected chi connectivity index (χ3v) is 6.97. The Morgan fingerprint density at radius 2 is 1.70 bits per heavy atom. The molecule has 3 aromatic carbocycles. The number of hydrogen-bond donors (Lipinski definition) is 1. The highest BCUT2D eigenvalue weighted by Gasteiger charge is 2.23. The van der Waals surface area contributed by atoms with Gasteiger partial charge in [-0.3, -0.25) is 9.59 Å². The Balaban J connectivity index is 1.58. The lowest BCUT2D eigenvalue weighted by atomic mass is 10.1. The lowest BCUT2D eigenvalue weighted by molar-refractivity contribution is -0.132. The Bertz CT molecular complexity index is 1450. The summed E-state index contributed by atoms with van der Waals surface area (Å²) in [5, 5.41) is 1.12. The zero-order valence-electron chi connectivity index (χ0n) is 23.3. The summed E-state index contributed by atoms with van der Waals surface area (Å²) in [5.41, 5.74) is 3.26. The number of nitrogens with one attached hydrogen (secondary N) is 1. The van der Waals surface area contributed by atoms with Crippen molar-refractivity contribution in [3.05, 3.63) is 95.4 Å². The summed E-state index contributed by atoms with van der Waals surface area (Å²) >= 11 is 0. The van der Waals surface area contributed by atoms with Gasteiger partial charge in [0, 0.05) is 42.3 Å². The van der Waals surface area contributed by atoms with Crippen LogP contribution in [0.1, 0.15) is 41.3 Å². The Kier molecular flexibility index (Phi) is 9.78. The molecule has 210 valence electrons. The summed E-state index contributed by atoms with van der Waals surface area (Å²) in [6, 6.07) is 19.2.